The van der Waals surface area contributed by atoms with Gasteiger partial charge in [0.2, 0.25) is 5.17 Å². The maximum Gasteiger partial charge on any atom is 0.248 e. The van der Waals surface area contributed by atoms with Crippen LogP contribution < -0.4 is 0 Å². The Labute approximate surface area is 73.1 Å². The van der Waals surface area contributed by atoms with E-state index in [1.807, 2.05) is 0 Å². The molecule has 2 heteroatoms. The summed E-state index contributed by atoms with van der Waals surface area (Å²) in [5.74, 6) is 0.731. The van der Waals surface area contributed by atoms with Crippen molar-refractivity contribution in [3.05, 3.63) is 0 Å². The highest BCUT2D eigenvalue weighted by molar-refractivity contribution is 6.64. The lowest BCUT2D eigenvalue weighted by molar-refractivity contribution is -0.506. The highest BCUT2D eigenvalue weighted by atomic mass is 35.5. The molecule has 0 aromatic rings. The molecular weight excluding hydrogens is 158 g/mol. The molecule has 62 valence electrons. The van der Waals surface area contributed by atoms with Gasteiger partial charge in [-0.2, -0.15) is 0 Å². The number of halogens is 1. The molecule has 0 atom stereocenters. The lowest BCUT2D eigenvalue weighted by atomic mass is 9.86. The zero-order valence-electron chi connectivity index (χ0n) is 6.85. The first-order chi connectivity index (χ1) is 5.38. The fourth-order valence-electron chi connectivity index (χ4n) is 1.84. The first kappa shape index (κ1) is 7.60. The summed E-state index contributed by atoms with van der Waals surface area (Å²) in [5, 5.41) is 1.16. The number of hydrogen-bond acceptors (Lipinski definition) is 0. The van der Waals surface area contributed by atoms with E-state index in [1.165, 1.54) is 45.2 Å². The molecule has 2 rings (SSSR count). The van der Waals surface area contributed by atoms with Crippen LogP contribution >= 0.6 is 11.6 Å². The fourth-order valence-corrected chi connectivity index (χ4v) is 2.22. The SMILES string of the molecule is ClC(C1CCC1)=[N+]1CCCC1. The molecule has 0 N–H and O–H groups in total. The van der Waals surface area contributed by atoms with E-state index >= 15 is 0 Å². The smallest absolute Gasteiger partial charge is 0.223 e. The summed E-state index contributed by atoms with van der Waals surface area (Å²) >= 11 is 6.23. The Hall–Kier alpha value is -0.0400. The molecule has 0 spiro atoms. The van der Waals surface area contributed by atoms with E-state index in [4.69, 9.17) is 11.6 Å². The van der Waals surface area contributed by atoms with Gasteiger partial charge in [0.15, 0.2) is 0 Å². The van der Waals surface area contributed by atoms with E-state index in [0.29, 0.717) is 0 Å². The van der Waals surface area contributed by atoms with Crippen LogP contribution in [0.25, 0.3) is 0 Å². The minimum absolute atomic E-state index is 0.731. The van der Waals surface area contributed by atoms with E-state index < -0.39 is 0 Å². The lowest BCUT2D eigenvalue weighted by Gasteiger charge is -2.21. The molecule has 1 nitrogen and oxygen atoms in total. The van der Waals surface area contributed by atoms with Crippen LogP contribution in [0.2, 0.25) is 0 Å². The molecule has 1 saturated heterocycles. The Bertz CT molecular complexity index is 174. The molecule has 1 saturated carbocycles. The summed E-state index contributed by atoms with van der Waals surface area (Å²) < 4.78 is 2.37. The second-order valence-electron chi connectivity index (χ2n) is 3.64. The predicted molar refractivity (Wildman–Crippen MR) is 47.4 cm³/mol. The van der Waals surface area contributed by atoms with Crippen LogP contribution in [0.3, 0.4) is 0 Å². The van der Waals surface area contributed by atoms with Gasteiger partial charge in [-0.1, -0.05) is 6.42 Å². The van der Waals surface area contributed by atoms with Crippen LogP contribution in [0.1, 0.15) is 32.1 Å². The lowest BCUT2D eigenvalue weighted by Crippen LogP contribution is -2.26. The fraction of sp³-hybridized carbons (Fsp3) is 0.889. The van der Waals surface area contributed by atoms with E-state index in [1.54, 1.807) is 0 Å². The first-order valence-electron chi connectivity index (χ1n) is 4.65. The van der Waals surface area contributed by atoms with Crippen LogP contribution in [-0.2, 0) is 0 Å². The van der Waals surface area contributed by atoms with Gasteiger partial charge in [-0.05, 0) is 24.4 Å². The minimum atomic E-state index is 0.731. The van der Waals surface area contributed by atoms with E-state index in [-0.39, 0.29) is 0 Å². The molecule has 0 amide bonds. The van der Waals surface area contributed by atoms with Crippen molar-refractivity contribution < 1.29 is 4.58 Å². The van der Waals surface area contributed by atoms with Crippen molar-refractivity contribution in [2.45, 2.75) is 32.1 Å². The van der Waals surface area contributed by atoms with Gasteiger partial charge in [0.1, 0.15) is 13.1 Å². The summed E-state index contributed by atoms with van der Waals surface area (Å²) in [6.45, 7) is 2.41. The van der Waals surface area contributed by atoms with Crippen molar-refractivity contribution in [1.82, 2.24) is 0 Å². The monoisotopic (exact) mass is 172 g/mol. The Morgan fingerprint density at radius 1 is 1.09 bits per heavy atom. The molecular formula is C9H15ClN+. The van der Waals surface area contributed by atoms with Gasteiger partial charge in [0.05, 0.1) is 5.92 Å². The highest BCUT2D eigenvalue weighted by Gasteiger charge is 2.30. The van der Waals surface area contributed by atoms with Gasteiger partial charge in [-0.25, -0.2) is 4.58 Å². The molecule has 0 radical (unpaired) electrons. The van der Waals surface area contributed by atoms with Crippen LogP contribution in [0, 0.1) is 5.92 Å². The highest BCUT2D eigenvalue weighted by Crippen LogP contribution is 2.29. The second-order valence-corrected chi connectivity index (χ2v) is 4.03. The average Bonchev–Trinajstić information content (AvgIpc) is 2.32. The number of rotatable bonds is 1. The third-order valence-electron chi connectivity index (χ3n) is 2.85. The molecule has 2 fully saturated rings. The average molecular weight is 173 g/mol. The van der Waals surface area contributed by atoms with Gasteiger partial charge in [0, 0.05) is 12.8 Å². The summed E-state index contributed by atoms with van der Waals surface area (Å²) in [4.78, 5) is 0. The quantitative estimate of drug-likeness (QED) is 0.534. The van der Waals surface area contributed by atoms with Crippen molar-refractivity contribution in [2.75, 3.05) is 13.1 Å². The van der Waals surface area contributed by atoms with Gasteiger partial charge >= 0.3 is 0 Å². The molecule has 0 aromatic carbocycles. The zero-order chi connectivity index (χ0) is 7.68. The molecule has 1 aliphatic carbocycles. The van der Waals surface area contributed by atoms with Gasteiger partial charge in [-0.15, -0.1) is 0 Å². The summed E-state index contributed by atoms with van der Waals surface area (Å²) in [6.07, 6.45) is 6.71. The minimum Gasteiger partial charge on any atom is -0.223 e. The Morgan fingerprint density at radius 3 is 2.18 bits per heavy atom. The van der Waals surface area contributed by atoms with Gasteiger partial charge in [0.25, 0.3) is 0 Å². The molecule has 0 aromatic heterocycles. The summed E-state index contributed by atoms with van der Waals surface area (Å²) in [5.41, 5.74) is 0. The molecule has 1 aliphatic heterocycles. The normalized spacial score (nSPS) is 25.4. The van der Waals surface area contributed by atoms with Crippen LogP contribution in [0.4, 0.5) is 0 Å². The van der Waals surface area contributed by atoms with Gasteiger partial charge in [-0.3, -0.25) is 0 Å². The topological polar surface area (TPSA) is 3.01 Å². The standard InChI is InChI=1S/C9H15ClN/c10-9(8-4-3-5-8)11-6-1-2-7-11/h8H,1-7H2/q+1. The third-order valence-corrected chi connectivity index (χ3v) is 3.40. The van der Waals surface area contributed by atoms with Crippen molar-refractivity contribution in [2.24, 2.45) is 5.92 Å². The maximum absolute atomic E-state index is 6.23. The van der Waals surface area contributed by atoms with E-state index in [9.17, 15) is 0 Å². The third kappa shape index (κ3) is 1.44. The molecule has 11 heavy (non-hydrogen) atoms. The first-order valence-corrected chi connectivity index (χ1v) is 5.03. The number of nitrogens with zero attached hydrogens (tertiary/aromatic N) is 1. The number of hydrogen-bond donors (Lipinski definition) is 0. The zero-order valence-corrected chi connectivity index (χ0v) is 7.61. The largest absolute Gasteiger partial charge is 0.248 e. The second kappa shape index (κ2) is 3.14. The van der Waals surface area contributed by atoms with Crippen LogP contribution in [0.5, 0.6) is 0 Å². The van der Waals surface area contributed by atoms with Crippen molar-refractivity contribution in [3.63, 3.8) is 0 Å². The maximum atomic E-state index is 6.23. The Balaban J connectivity index is 2.04. The van der Waals surface area contributed by atoms with Crippen molar-refractivity contribution >= 4 is 16.8 Å². The molecule has 1 heterocycles. The van der Waals surface area contributed by atoms with Crippen LogP contribution in [-0.4, -0.2) is 22.8 Å². The predicted octanol–water partition coefficient (Wildman–Crippen LogP) is 2.23. The molecule has 0 bridgehead atoms. The van der Waals surface area contributed by atoms with E-state index in [0.717, 1.165) is 11.1 Å². The van der Waals surface area contributed by atoms with Crippen molar-refractivity contribution in [1.29, 1.82) is 0 Å². The summed E-state index contributed by atoms with van der Waals surface area (Å²) in [6, 6.07) is 0. The Morgan fingerprint density at radius 2 is 1.73 bits per heavy atom. The molecule has 2 aliphatic rings. The Kier molecular flexibility index (Phi) is 2.17. The van der Waals surface area contributed by atoms with Crippen molar-refractivity contribution in [3.8, 4) is 0 Å². The van der Waals surface area contributed by atoms with Gasteiger partial charge < -0.3 is 0 Å². The van der Waals surface area contributed by atoms with Crippen LogP contribution in [0.15, 0.2) is 0 Å². The summed E-state index contributed by atoms with van der Waals surface area (Å²) in [7, 11) is 0. The molecule has 0 unspecified atom stereocenters. The van der Waals surface area contributed by atoms with E-state index in [2.05, 4.69) is 4.58 Å².